The van der Waals surface area contributed by atoms with Gasteiger partial charge < -0.3 is 11.1 Å². The summed E-state index contributed by atoms with van der Waals surface area (Å²) in [6, 6.07) is 8.25. The molecule has 104 valence electrons. The number of amides is 1. The molecule has 0 radical (unpaired) electrons. The summed E-state index contributed by atoms with van der Waals surface area (Å²) in [5, 5.41) is 3.02. The van der Waals surface area contributed by atoms with E-state index >= 15 is 0 Å². The van der Waals surface area contributed by atoms with E-state index in [0.29, 0.717) is 5.92 Å². The van der Waals surface area contributed by atoms with Crippen molar-refractivity contribution >= 4 is 17.7 Å². The third kappa shape index (κ3) is 3.31. The molecule has 0 aromatic heterocycles. The normalized spacial score (nSPS) is 19.6. The smallest absolute Gasteiger partial charge is 0.240 e. The van der Waals surface area contributed by atoms with Crippen LogP contribution in [0.2, 0.25) is 0 Å². The molecule has 0 aliphatic heterocycles. The Kier molecular flexibility index (Phi) is 4.21. The first-order valence-electron chi connectivity index (χ1n) is 6.69. The van der Waals surface area contributed by atoms with Crippen LogP contribution in [-0.4, -0.2) is 17.7 Å². The van der Waals surface area contributed by atoms with Gasteiger partial charge in [0.1, 0.15) is 0 Å². The van der Waals surface area contributed by atoms with E-state index in [0.717, 1.165) is 18.4 Å². The predicted octanol–water partition coefficient (Wildman–Crippen LogP) is 2.71. The van der Waals surface area contributed by atoms with Gasteiger partial charge in [-0.25, -0.2) is 0 Å². The molecular weight excluding hydrogens is 256 g/mol. The Bertz CT molecular complexity index is 452. The first kappa shape index (κ1) is 14.4. The number of benzene rings is 1. The molecule has 1 amide bonds. The lowest BCUT2D eigenvalue weighted by atomic mass is 9.95. The molecule has 2 atom stereocenters. The standard InChI is InChI=1S/C15H22N2OS/c1-10(11-4-8-13(19-3)9-5-11)17-14(18)15(2,16)12-6-7-12/h4-5,8-10,12H,6-7,16H2,1-3H3,(H,17,18). The quantitative estimate of drug-likeness (QED) is 0.814. The van der Waals surface area contributed by atoms with Gasteiger partial charge in [-0.15, -0.1) is 11.8 Å². The minimum Gasteiger partial charge on any atom is -0.348 e. The molecule has 2 rings (SSSR count). The topological polar surface area (TPSA) is 55.1 Å². The number of nitrogens with one attached hydrogen (secondary N) is 1. The molecule has 3 nitrogen and oxygen atoms in total. The fourth-order valence-corrected chi connectivity index (χ4v) is 2.60. The largest absolute Gasteiger partial charge is 0.348 e. The SMILES string of the molecule is CSc1ccc(C(C)NC(=O)C(C)(N)C2CC2)cc1. The number of carbonyl (C=O) groups is 1. The van der Waals surface area contributed by atoms with Crippen LogP contribution in [0.3, 0.4) is 0 Å². The molecule has 0 saturated heterocycles. The molecule has 4 heteroatoms. The van der Waals surface area contributed by atoms with Crippen LogP contribution in [0.5, 0.6) is 0 Å². The minimum absolute atomic E-state index is 0.00923. The Morgan fingerprint density at radius 1 is 1.42 bits per heavy atom. The van der Waals surface area contributed by atoms with Crippen molar-refractivity contribution in [3.8, 4) is 0 Å². The van der Waals surface area contributed by atoms with Crippen LogP contribution in [-0.2, 0) is 4.79 Å². The lowest BCUT2D eigenvalue weighted by molar-refractivity contribution is -0.127. The van der Waals surface area contributed by atoms with Crippen LogP contribution in [0.1, 0.15) is 38.3 Å². The summed E-state index contributed by atoms with van der Waals surface area (Å²) in [5.41, 5.74) is 6.50. The van der Waals surface area contributed by atoms with E-state index < -0.39 is 5.54 Å². The summed E-state index contributed by atoms with van der Waals surface area (Å²) in [7, 11) is 0. The molecule has 3 N–H and O–H groups in total. The molecule has 1 fully saturated rings. The van der Waals surface area contributed by atoms with Gasteiger partial charge in [0.05, 0.1) is 11.6 Å². The van der Waals surface area contributed by atoms with Crippen LogP contribution in [0.25, 0.3) is 0 Å². The Morgan fingerprint density at radius 2 is 2.00 bits per heavy atom. The average Bonchev–Trinajstić information content (AvgIpc) is 3.23. The third-order valence-corrected chi connectivity index (χ3v) is 4.62. The van der Waals surface area contributed by atoms with Crippen molar-refractivity contribution in [3.05, 3.63) is 29.8 Å². The van der Waals surface area contributed by atoms with Gasteiger partial charge in [-0.1, -0.05) is 12.1 Å². The zero-order valence-corrected chi connectivity index (χ0v) is 12.6. The van der Waals surface area contributed by atoms with Crippen molar-refractivity contribution in [1.82, 2.24) is 5.32 Å². The molecule has 0 bridgehead atoms. The highest BCUT2D eigenvalue weighted by Gasteiger charge is 2.44. The van der Waals surface area contributed by atoms with Gasteiger partial charge in [-0.2, -0.15) is 0 Å². The summed E-state index contributed by atoms with van der Waals surface area (Å²) in [4.78, 5) is 13.4. The zero-order valence-electron chi connectivity index (χ0n) is 11.8. The number of rotatable bonds is 5. The van der Waals surface area contributed by atoms with Gasteiger partial charge in [0.2, 0.25) is 5.91 Å². The molecule has 1 aromatic rings. The summed E-state index contributed by atoms with van der Waals surface area (Å²) >= 11 is 1.71. The van der Waals surface area contributed by atoms with Crippen LogP contribution in [0.15, 0.2) is 29.2 Å². The van der Waals surface area contributed by atoms with Crippen molar-refractivity contribution in [2.24, 2.45) is 11.7 Å². The zero-order chi connectivity index (χ0) is 14.0. The highest BCUT2D eigenvalue weighted by Crippen LogP contribution is 2.38. The van der Waals surface area contributed by atoms with E-state index in [1.54, 1.807) is 11.8 Å². The molecule has 1 aromatic carbocycles. The van der Waals surface area contributed by atoms with Gasteiger partial charge in [0.25, 0.3) is 0 Å². The molecule has 0 spiro atoms. The third-order valence-electron chi connectivity index (χ3n) is 3.88. The van der Waals surface area contributed by atoms with Gasteiger partial charge in [-0.3, -0.25) is 4.79 Å². The molecule has 1 aliphatic rings. The van der Waals surface area contributed by atoms with E-state index in [1.165, 1.54) is 4.90 Å². The van der Waals surface area contributed by atoms with E-state index in [-0.39, 0.29) is 11.9 Å². The van der Waals surface area contributed by atoms with Crippen molar-refractivity contribution in [2.75, 3.05) is 6.26 Å². The van der Waals surface area contributed by atoms with Crippen LogP contribution in [0, 0.1) is 5.92 Å². The van der Waals surface area contributed by atoms with Crippen molar-refractivity contribution in [1.29, 1.82) is 0 Å². The maximum Gasteiger partial charge on any atom is 0.240 e. The summed E-state index contributed by atoms with van der Waals surface area (Å²) in [6.07, 6.45) is 4.18. The Hall–Kier alpha value is -1.00. The highest BCUT2D eigenvalue weighted by molar-refractivity contribution is 7.98. The fraction of sp³-hybridized carbons (Fsp3) is 0.533. The average molecular weight is 278 g/mol. The Morgan fingerprint density at radius 3 is 2.47 bits per heavy atom. The molecule has 19 heavy (non-hydrogen) atoms. The van der Waals surface area contributed by atoms with Gasteiger partial charge >= 0.3 is 0 Å². The number of hydrogen-bond acceptors (Lipinski definition) is 3. The van der Waals surface area contributed by atoms with E-state index in [2.05, 4.69) is 35.8 Å². The Balaban J connectivity index is 1.99. The number of hydrogen-bond donors (Lipinski definition) is 2. The molecular formula is C15H22N2OS. The second-order valence-corrected chi connectivity index (χ2v) is 6.40. The second kappa shape index (κ2) is 5.55. The molecule has 2 unspecified atom stereocenters. The van der Waals surface area contributed by atoms with Crippen molar-refractivity contribution < 1.29 is 4.79 Å². The fourth-order valence-electron chi connectivity index (χ4n) is 2.20. The number of carbonyl (C=O) groups excluding carboxylic acids is 1. The van der Waals surface area contributed by atoms with Crippen molar-refractivity contribution in [2.45, 2.75) is 43.2 Å². The van der Waals surface area contributed by atoms with Crippen LogP contribution in [0.4, 0.5) is 0 Å². The first-order chi connectivity index (χ1) is 8.95. The predicted molar refractivity (Wildman–Crippen MR) is 80.1 cm³/mol. The maximum atomic E-state index is 12.2. The lowest BCUT2D eigenvalue weighted by Gasteiger charge is -2.26. The van der Waals surface area contributed by atoms with Crippen LogP contribution >= 0.6 is 11.8 Å². The van der Waals surface area contributed by atoms with Gasteiger partial charge in [0.15, 0.2) is 0 Å². The van der Waals surface area contributed by atoms with E-state index in [9.17, 15) is 4.79 Å². The first-order valence-corrected chi connectivity index (χ1v) is 7.91. The summed E-state index contributed by atoms with van der Waals surface area (Å²) in [6.45, 7) is 3.83. The monoisotopic (exact) mass is 278 g/mol. The molecule has 0 heterocycles. The van der Waals surface area contributed by atoms with E-state index in [1.807, 2.05) is 13.8 Å². The highest BCUT2D eigenvalue weighted by atomic mass is 32.2. The number of thioether (sulfide) groups is 1. The molecule has 1 aliphatic carbocycles. The minimum atomic E-state index is -0.729. The summed E-state index contributed by atoms with van der Waals surface area (Å²) in [5.74, 6) is 0.301. The van der Waals surface area contributed by atoms with Gasteiger partial charge in [0, 0.05) is 4.90 Å². The lowest BCUT2D eigenvalue weighted by Crippen LogP contribution is -2.53. The molecule has 1 saturated carbocycles. The Labute approximate surface area is 119 Å². The second-order valence-electron chi connectivity index (χ2n) is 5.53. The summed E-state index contributed by atoms with van der Waals surface area (Å²) < 4.78 is 0. The van der Waals surface area contributed by atoms with Gasteiger partial charge in [-0.05, 0) is 56.6 Å². The maximum absolute atomic E-state index is 12.2. The van der Waals surface area contributed by atoms with E-state index in [4.69, 9.17) is 5.73 Å². The van der Waals surface area contributed by atoms with Crippen molar-refractivity contribution in [3.63, 3.8) is 0 Å². The van der Waals surface area contributed by atoms with Crippen LogP contribution < -0.4 is 11.1 Å². The number of nitrogens with two attached hydrogens (primary N) is 1.